The maximum Gasteiger partial charge on any atom is 0.258 e. The van der Waals surface area contributed by atoms with Gasteiger partial charge in [-0.2, -0.15) is 0 Å². The first-order chi connectivity index (χ1) is 13.8. The number of anilines is 1. The van der Waals surface area contributed by atoms with Crippen molar-refractivity contribution in [1.82, 2.24) is 19.9 Å². The molecule has 6 heteroatoms. The smallest absolute Gasteiger partial charge is 0.258 e. The number of fused-ring (bicyclic) bond motifs is 1. The highest BCUT2D eigenvalue weighted by Crippen LogP contribution is 2.39. The number of hydrogen-bond acceptors (Lipinski definition) is 5. The van der Waals surface area contributed by atoms with Crippen molar-refractivity contribution in [3.05, 3.63) is 78.4 Å². The zero-order valence-electron chi connectivity index (χ0n) is 15.0. The first-order valence-electron chi connectivity index (χ1n) is 9.22. The third-order valence-electron chi connectivity index (χ3n) is 4.81. The number of carbonyl (C=O) groups excluding carboxylic acids is 1. The summed E-state index contributed by atoms with van der Waals surface area (Å²) in [5, 5.41) is 3.72. The molecule has 1 aliphatic rings. The number of amides is 1. The van der Waals surface area contributed by atoms with Crippen LogP contribution in [0.15, 0.2) is 67.1 Å². The van der Waals surface area contributed by atoms with Gasteiger partial charge in [-0.1, -0.05) is 0 Å². The van der Waals surface area contributed by atoms with Gasteiger partial charge in [0.05, 0.1) is 11.3 Å². The fourth-order valence-electron chi connectivity index (χ4n) is 3.09. The number of nitrogens with one attached hydrogen (secondary N) is 1. The van der Waals surface area contributed by atoms with Crippen molar-refractivity contribution in [2.75, 3.05) is 5.32 Å². The van der Waals surface area contributed by atoms with Gasteiger partial charge in [-0.15, -0.1) is 0 Å². The molecule has 4 aromatic rings. The van der Waals surface area contributed by atoms with Gasteiger partial charge >= 0.3 is 0 Å². The number of rotatable bonds is 4. The van der Waals surface area contributed by atoms with Gasteiger partial charge in [-0.3, -0.25) is 14.8 Å². The molecule has 0 unspecified atom stereocenters. The lowest BCUT2D eigenvalue weighted by molar-refractivity contribution is 0.102. The molecule has 0 aromatic carbocycles. The molecule has 28 heavy (non-hydrogen) atoms. The molecule has 4 aromatic heterocycles. The molecule has 136 valence electrons. The van der Waals surface area contributed by atoms with E-state index >= 15 is 0 Å². The molecule has 0 atom stereocenters. The van der Waals surface area contributed by atoms with Gasteiger partial charge in [0, 0.05) is 41.2 Å². The van der Waals surface area contributed by atoms with Crippen LogP contribution in [0.3, 0.4) is 0 Å². The van der Waals surface area contributed by atoms with E-state index in [1.165, 1.54) is 12.8 Å². The highest BCUT2D eigenvalue weighted by Gasteiger charge is 2.24. The first-order valence-corrected chi connectivity index (χ1v) is 9.22. The molecular formula is C22H17N5O. The Bertz CT molecular complexity index is 1150. The molecule has 1 aliphatic carbocycles. The molecule has 1 fully saturated rings. The predicted molar refractivity (Wildman–Crippen MR) is 107 cm³/mol. The molecule has 1 amide bonds. The van der Waals surface area contributed by atoms with Gasteiger partial charge in [0.25, 0.3) is 5.91 Å². The van der Waals surface area contributed by atoms with Crippen molar-refractivity contribution in [1.29, 1.82) is 0 Å². The van der Waals surface area contributed by atoms with Gasteiger partial charge < -0.3 is 5.32 Å². The fraction of sp³-hybridized carbons (Fsp3) is 0.136. The van der Waals surface area contributed by atoms with E-state index in [4.69, 9.17) is 0 Å². The monoisotopic (exact) mass is 367 g/mol. The highest BCUT2D eigenvalue weighted by molar-refractivity contribution is 6.04. The number of aromatic nitrogens is 4. The summed E-state index contributed by atoms with van der Waals surface area (Å²) in [7, 11) is 0. The third-order valence-corrected chi connectivity index (χ3v) is 4.81. The van der Waals surface area contributed by atoms with Crippen LogP contribution in [0, 0.1) is 0 Å². The summed E-state index contributed by atoms with van der Waals surface area (Å²) in [4.78, 5) is 30.0. The van der Waals surface area contributed by atoms with E-state index in [1.807, 2.05) is 36.5 Å². The van der Waals surface area contributed by atoms with E-state index in [1.54, 1.807) is 24.5 Å². The fourth-order valence-corrected chi connectivity index (χ4v) is 3.09. The van der Waals surface area contributed by atoms with Crippen molar-refractivity contribution in [2.24, 2.45) is 0 Å². The minimum Gasteiger partial charge on any atom is -0.306 e. The Morgan fingerprint density at radius 1 is 0.929 bits per heavy atom. The van der Waals surface area contributed by atoms with E-state index in [0.717, 1.165) is 22.3 Å². The number of pyridine rings is 4. The average Bonchev–Trinajstić information content (AvgIpc) is 3.59. The minimum absolute atomic E-state index is 0.260. The van der Waals surface area contributed by atoms with E-state index in [2.05, 4.69) is 31.3 Å². The van der Waals surface area contributed by atoms with Crippen LogP contribution in [0.25, 0.3) is 22.3 Å². The van der Waals surface area contributed by atoms with Crippen LogP contribution in [0.1, 0.15) is 34.8 Å². The van der Waals surface area contributed by atoms with Crippen LogP contribution in [-0.4, -0.2) is 25.8 Å². The lowest BCUT2D eigenvalue weighted by Crippen LogP contribution is -2.13. The molecule has 1 saturated carbocycles. The summed E-state index contributed by atoms with van der Waals surface area (Å²) in [6.07, 6.45) is 7.56. The summed E-state index contributed by atoms with van der Waals surface area (Å²) >= 11 is 0. The molecule has 0 radical (unpaired) electrons. The average molecular weight is 367 g/mol. The van der Waals surface area contributed by atoms with Crippen molar-refractivity contribution in [3.8, 4) is 11.3 Å². The number of nitrogens with zero attached hydrogens (tertiary/aromatic N) is 4. The van der Waals surface area contributed by atoms with Gasteiger partial charge in [0.1, 0.15) is 5.82 Å². The topological polar surface area (TPSA) is 80.7 Å². The predicted octanol–water partition coefficient (Wildman–Crippen LogP) is 4.22. The summed E-state index contributed by atoms with van der Waals surface area (Å²) in [6, 6.07) is 15.1. The molecule has 1 N–H and O–H groups in total. The Labute approximate surface area is 161 Å². The summed E-state index contributed by atoms with van der Waals surface area (Å²) in [5.74, 6) is 0.830. The van der Waals surface area contributed by atoms with Gasteiger partial charge in [-0.05, 0) is 61.4 Å². The quantitative estimate of drug-likeness (QED) is 0.584. The molecule has 0 bridgehead atoms. The largest absolute Gasteiger partial charge is 0.306 e. The lowest BCUT2D eigenvalue weighted by Gasteiger charge is -2.06. The molecular weight excluding hydrogens is 350 g/mol. The van der Waals surface area contributed by atoms with Crippen molar-refractivity contribution in [3.63, 3.8) is 0 Å². The van der Waals surface area contributed by atoms with Crippen LogP contribution in [0.2, 0.25) is 0 Å². The SMILES string of the molecule is O=C(Nc1ccc2cccnc2n1)c1ccc(-c2ccc(C3CC3)nc2)nc1. The summed E-state index contributed by atoms with van der Waals surface area (Å²) in [6.45, 7) is 0. The van der Waals surface area contributed by atoms with Crippen LogP contribution < -0.4 is 5.32 Å². The van der Waals surface area contributed by atoms with Crippen molar-refractivity contribution < 1.29 is 4.79 Å². The van der Waals surface area contributed by atoms with Gasteiger partial charge in [-0.25, -0.2) is 9.97 Å². The minimum atomic E-state index is -0.260. The first kappa shape index (κ1) is 16.5. The van der Waals surface area contributed by atoms with Crippen LogP contribution in [-0.2, 0) is 0 Å². The van der Waals surface area contributed by atoms with Crippen LogP contribution in [0.4, 0.5) is 5.82 Å². The maximum atomic E-state index is 12.5. The second-order valence-corrected chi connectivity index (χ2v) is 6.88. The second kappa shape index (κ2) is 6.81. The number of carbonyl (C=O) groups is 1. The van der Waals surface area contributed by atoms with Gasteiger partial charge in [0.2, 0.25) is 0 Å². The van der Waals surface area contributed by atoms with Crippen molar-refractivity contribution in [2.45, 2.75) is 18.8 Å². The molecule has 0 aliphatic heterocycles. The van der Waals surface area contributed by atoms with Crippen LogP contribution >= 0.6 is 0 Å². The maximum absolute atomic E-state index is 12.5. The van der Waals surface area contributed by atoms with Gasteiger partial charge in [0.15, 0.2) is 5.65 Å². The molecule has 0 spiro atoms. The molecule has 0 saturated heterocycles. The standard InChI is InChI=1S/C22H17N5O/c28-22(27-20-10-7-15-2-1-11-23-21(15)26-20)17-6-9-19(25-13-17)16-5-8-18(24-12-16)14-3-4-14/h1-2,5-14H,3-4H2,(H,23,26,27,28). The Balaban J connectivity index is 1.32. The zero-order chi connectivity index (χ0) is 18.9. The summed E-state index contributed by atoms with van der Waals surface area (Å²) < 4.78 is 0. The third kappa shape index (κ3) is 3.32. The van der Waals surface area contributed by atoms with Crippen LogP contribution in [0.5, 0.6) is 0 Å². The van der Waals surface area contributed by atoms with E-state index < -0.39 is 0 Å². The second-order valence-electron chi connectivity index (χ2n) is 6.88. The summed E-state index contributed by atoms with van der Waals surface area (Å²) in [5.41, 5.74) is 3.94. The van der Waals surface area contributed by atoms with E-state index in [9.17, 15) is 4.79 Å². The Kier molecular flexibility index (Phi) is 4.01. The van der Waals surface area contributed by atoms with E-state index in [-0.39, 0.29) is 5.91 Å². The van der Waals surface area contributed by atoms with E-state index in [0.29, 0.717) is 22.9 Å². The molecule has 4 heterocycles. The molecule has 6 nitrogen and oxygen atoms in total. The normalized spacial score (nSPS) is 13.4. The molecule has 5 rings (SSSR count). The Morgan fingerprint density at radius 2 is 1.86 bits per heavy atom. The number of hydrogen-bond donors (Lipinski definition) is 1. The zero-order valence-corrected chi connectivity index (χ0v) is 15.0. The Hall–Kier alpha value is -3.67. The highest BCUT2D eigenvalue weighted by atomic mass is 16.1. The Morgan fingerprint density at radius 3 is 2.61 bits per heavy atom. The van der Waals surface area contributed by atoms with Crippen molar-refractivity contribution >= 4 is 22.8 Å². The lowest BCUT2D eigenvalue weighted by atomic mass is 10.1.